The molecule has 1 rings (SSSR count). The van der Waals surface area contributed by atoms with E-state index in [1.807, 2.05) is 0 Å². The molecule has 1 heterocycles. The zero-order valence-electron chi connectivity index (χ0n) is 7.02. The molecule has 0 radical (unpaired) electrons. The minimum Gasteiger partial charge on any atom is -0.196 e. The van der Waals surface area contributed by atoms with Crippen molar-refractivity contribution in [2.24, 2.45) is 0 Å². The van der Waals surface area contributed by atoms with E-state index >= 15 is 0 Å². The molecule has 0 aromatic carbocycles. The van der Waals surface area contributed by atoms with Gasteiger partial charge in [-0.25, -0.2) is 0 Å². The highest BCUT2D eigenvalue weighted by Crippen LogP contribution is 2.31. The Bertz CT molecular complexity index is 242. The molecule has 0 saturated carbocycles. The van der Waals surface area contributed by atoms with Crippen molar-refractivity contribution in [2.75, 3.05) is 0 Å². The van der Waals surface area contributed by atoms with Gasteiger partial charge in [0.05, 0.1) is 10.7 Å². The predicted octanol–water partition coefficient (Wildman–Crippen LogP) is 3.48. The molecule has 1 aromatic heterocycles. The SMILES string of the molecule is CCc1nsc(C(C)C)c1Cl. The lowest BCUT2D eigenvalue weighted by molar-refractivity contribution is 0.887. The van der Waals surface area contributed by atoms with Crippen molar-refractivity contribution in [1.29, 1.82) is 0 Å². The Balaban J connectivity index is 3.00. The molecule has 0 aliphatic heterocycles. The molecule has 0 atom stereocenters. The molecule has 0 unspecified atom stereocenters. The first-order valence-corrected chi connectivity index (χ1v) is 4.95. The molecule has 1 nitrogen and oxygen atoms in total. The van der Waals surface area contributed by atoms with E-state index in [1.165, 1.54) is 16.4 Å². The van der Waals surface area contributed by atoms with E-state index in [-0.39, 0.29) is 0 Å². The summed E-state index contributed by atoms with van der Waals surface area (Å²) in [7, 11) is 0. The largest absolute Gasteiger partial charge is 0.196 e. The fourth-order valence-corrected chi connectivity index (χ4v) is 2.29. The van der Waals surface area contributed by atoms with Gasteiger partial charge >= 0.3 is 0 Å². The van der Waals surface area contributed by atoms with E-state index in [4.69, 9.17) is 11.6 Å². The van der Waals surface area contributed by atoms with Crippen LogP contribution in [0.2, 0.25) is 5.02 Å². The third-order valence-electron chi connectivity index (χ3n) is 1.58. The van der Waals surface area contributed by atoms with Crippen molar-refractivity contribution in [3.8, 4) is 0 Å². The Hall–Kier alpha value is -0.0800. The summed E-state index contributed by atoms with van der Waals surface area (Å²) in [5.74, 6) is 0.500. The minimum atomic E-state index is 0.500. The van der Waals surface area contributed by atoms with Gasteiger partial charge < -0.3 is 0 Å². The molecule has 11 heavy (non-hydrogen) atoms. The van der Waals surface area contributed by atoms with Crippen LogP contribution in [0.3, 0.4) is 0 Å². The Labute approximate surface area is 76.6 Å². The summed E-state index contributed by atoms with van der Waals surface area (Å²) in [6, 6.07) is 0. The highest BCUT2D eigenvalue weighted by molar-refractivity contribution is 7.06. The Morgan fingerprint density at radius 3 is 2.45 bits per heavy atom. The number of hydrogen-bond donors (Lipinski definition) is 0. The summed E-state index contributed by atoms with van der Waals surface area (Å²) >= 11 is 7.59. The average molecular weight is 190 g/mol. The van der Waals surface area contributed by atoms with Crippen LogP contribution in [0.25, 0.3) is 0 Å². The zero-order chi connectivity index (χ0) is 8.43. The molecule has 0 aliphatic carbocycles. The second kappa shape index (κ2) is 3.55. The number of halogens is 1. The first-order chi connectivity index (χ1) is 5.16. The third-order valence-corrected chi connectivity index (χ3v) is 3.30. The van der Waals surface area contributed by atoms with Crippen molar-refractivity contribution < 1.29 is 0 Å². The summed E-state index contributed by atoms with van der Waals surface area (Å²) in [6.07, 6.45) is 0.933. The second-order valence-corrected chi connectivity index (χ2v) is 4.00. The third kappa shape index (κ3) is 1.74. The molecule has 0 saturated heterocycles. The van der Waals surface area contributed by atoms with E-state index in [0.29, 0.717) is 5.92 Å². The van der Waals surface area contributed by atoms with Gasteiger partial charge in [0.2, 0.25) is 0 Å². The summed E-state index contributed by atoms with van der Waals surface area (Å²) < 4.78 is 4.27. The van der Waals surface area contributed by atoms with E-state index in [9.17, 15) is 0 Å². The molecule has 1 aromatic rings. The van der Waals surface area contributed by atoms with Gasteiger partial charge in [-0.1, -0.05) is 32.4 Å². The quantitative estimate of drug-likeness (QED) is 0.694. The summed E-state index contributed by atoms with van der Waals surface area (Å²) in [6.45, 7) is 6.35. The zero-order valence-corrected chi connectivity index (χ0v) is 8.59. The lowest BCUT2D eigenvalue weighted by Crippen LogP contribution is -1.83. The van der Waals surface area contributed by atoms with Gasteiger partial charge in [0.1, 0.15) is 0 Å². The lowest BCUT2D eigenvalue weighted by atomic mass is 10.1. The highest BCUT2D eigenvalue weighted by atomic mass is 35.5. The number of rotatable bonds is 2. The van der Waals surface area contributed by atoms with Crippen LogP contribution in [0.4, 0.5) is 0 Å². The van der Waals surface area contributed by atoms with Crippen LogP contribution in [-0.2, 0) is 6.42 Å². The van der Waals surface area contributed by atoms with Crippen molar-refractivity contribution in [1.82, 2.24) is 4.37 Å². The molecule has 0 fully saturated rings. The van der Waals surface area contributed by atoms with Gasteiger partial charge in [0.25, 0.3) is 0 Å². The van der Waals surface area contributed by atoms with Gasteiger partial charge in [0, 0.05) is 4.88 Å². The fourth-order valence-electron chi connectivity index (χ4n) is 0.905. The number of aromatic nitrogens is 1. The Kier molecular flexibility index (Phi) is 2.90. The monoisotopic (exact) mass is 189 g/mol. The maximum absolute atomic E-state index is 6.07. The highest BCUT2D eigenvalue weighted by Gasteiger charge is 2.12. The maximum Gasteiger partial charge on any atom is 0.0780 e. The lowest BCUT2D eigenvalue weighted by Gasteiger charge is -1.99. The fraction of sp³-hybridized carbons (Fsp3) is 0.625. The summed E-state index contributed by atoms with van der Waals surface area (Å²) in [5, 5.41) is 0.882. The average Bonchev–Trinajstić information content (AvgIpc) is 2.30. The van der Waals surface area contributed by atoms with E-state index in [1.54, 1.807) is 0 Å². The van der Waals surface area contributed by atoms with Gasteiger partial charge in [0.15, 0.2) is 0 Å². The van der Waals surface area contributed by atoms with E-state index in [0.717, 1.165) is 17.1 Å². The number of aryl methyl sites for hydroxylation is 1. The molecule has 0 N–H and O–H groups in total. The van der Waals surface area contributed by atoms with Crippen LogP contribution in [0.5, 0.6) is 0 Å². The molecule has 0 amide bonds. The van der Waals surface area contributed by atoms with E-state index < -0.39 is 0 Å². The maximum atomic E-state index is 6.07. The van der Waals surface area contributed by atoms with Crippen molar-refractivity contribution in [2.45, 2.75) is 33.1 Å². The molecule has 62 valence electrons. The van der Waals surface area contributed by atoms with Crippen LogP contribution in [0, 0.1) is 0 Å². The van der Waals surface area contributed by atoms with Gasteiger partial charge in [-0.05, 0) is 23.9 Å². The van der Waals surface area contributed by atoms with Crippen LogP contribution in [0.15, 0.2) is 0 Å². The van der Waals surface area contributed by atoms with Gasteiger partial charge in [-0.3, -0.25) is 0 Å². The van der Waals surface area contributed by atoms with Crippen LogP contribution < -0.4 is 0 Å². The molecule has 3 heteroatoms. The number of nitrogens with zero attached hydrogens (tertiary/aromatic N) is 1. The molecular formula is C8H12ClNS. The second-order valence-electron chi connectivity index (χ2n) is 2.82. The first-order valence-electron chi connectivity index (χ1n) is 3.80. The predicted molar refractivity (Wildman–Crippen MR) is 50.6 cm³/mol. The Morgan fingerprint density at radius 1 is 1.55 bits per heavy atom. The van der Waals surface area contributed by atoms with Crippen molar-refractivity contribution >= 4 is 23.1 Å². The topological polar surface area (TPSA) is 12.9 Å². The number of hydrogen-bond acceptors (Lipinski definition) is 2. The van der Waals surface area contributed by atoms with E-state index in [2.05, 4.69) is 25.1 Å². The van der Waals surface area contributed by atoms with Crippen molar-refractivity contribution in [3.05, 3.63) is 15.6 Å². The molecule has 0 bridgehead atoms. The van der Waals surface area contributed by atoms with Crippen LogP contribution in [-0.4, -0.2) is 4.37 Å². The molecule has 0 aliphatic rings. The standard InChI is InChI=1S/C8H12ClNS/c1-4-6-7(9)8(5(2)3)11-10-6/h5H,4H2,1-3H3. The first kappa shape index (κ1) is 9.01. The normalized spacial score (nSPS) is 11.0. The Morgan fingerprint density at radius 2 is 2.18 bits per heavy atom. The van der Waals surface area contributed by atoms with Crippen LogP contribution in [0.1, 0.15) is 37.3 Å². The van der Waals surface area contributed by atoms with Gasteiger partial charge in [-0.2, -0.15) is 4.37 Å². The summed E-state index contributed by atoms with van der Waals surface area (Å²) in [5.41, 5.74) is 1.04. The molecule has 0 spiro atoms. The smallest absolute Gasteiger partial charge is 0.0780 e. The van der Waals surface area contributed by atoms with Crippen molar-refractivity contribution in [3.63, 3.8) is 0 Å². The summed E-state index contributed by atoms with van der Waals surface area (Å²) in [4.78, 5) is 1.21. The minimum absolute atomic E-state index is 0.500. The van der Waals surface area contributed by atoms with Crippen LogP contribution >= 0.6 is 23.1 Å². The van der Waals surface area contributed by atoms with Gasteiger partial charge in [-0.15, -0.1) is 0 Å². The molecular weight excluding hydrogens is 178 g/mol.